The third kappa shape index (κ3) is 2.29. The molecule has 2 aromatic rings. The second kappa shape index (κ2) is 4.84. The molecule has 1 unspecified atom stereocenters. The van der Waals surface area contributed by atoms with Crippen LogP contribution in [0.4, 0.5) is 5.82 Å². The fourth-order valence-electron chi connectivity index (χ4n) is 2.17. The van der Waals surface area contributed by atoms with Gasteiger partial charge in [-0.05, 0) is 13.8 Å². The number of ketones is 1. The number of aromatic amines is 1. The summed E-state index contributed by atoms with van der Waals surface area (Å²) in [6.07, 6.45) is 4.93. The molecule has 2 N–H and O–H groups in total. The molecule has 0 spiro atoms. The van der Waals surface area contributed by atoms with Crippen LogP contribution in [0.2, 0.25) is 0 Å². The lowest BCUT2D eigenvalue weighted by atomic mass is 10.0. The lowest BCUT2D eigenvalue weighted by Gasteiger charge is -2.19. The number of H-pyrrole nitrogens is 1. The van der Waals surface area contributed by atoms with Crippen molar-refractivity contribution in [2.24, 2.45) is 4.99 Å². The Hall–Kier alpha value is -2.57. The average molecular weight is 270 g/mol. The van der Waals surface area contributed by atoms with Gasteiger partial charge in [0.15, 0.2) is 17.2 Å². The van der Waals surface area contributed by atoms with Crippen LogP contribution in [-0.2, 0) is 4.79 Å². The molecule has 2 aromatic heterocycles. The Labute approximate surface area is 115 Å². The van der Waals surface area contributed by atoms with E-state index >= 15 is 0 Å². The van der Waals surface area contributed by atoms with E-state index in [-0.39, 0.29) is 11.8 Å². The van der Waals surface area contributed by atoms with E-state index in [9.17, 15) is 4.79 Å². The van der Waals surface area contributed by atoms with Crippen molar-refractivity contribution < 1.29 is 4.79 Å². The number of anilines is 1. The van der Waals surface area contributed by atoms with Crippen molar-refractivity contribution >= 4 is 28.5 Å². The Bertz CT molecular complexity index is 729. The van der Waals surface area contributed by atoms with Crippen LogP contribution < -0.4 is 5.32 Å². The topological polar surface area (TPSA) is 95.9 Å². The van der Waals surface area contributed by atoms with Crippen molar-refractivity contribution in [3.05, 3.63) is 24.4 Å². The molecule has 1 aliphatic heterocycles. The lowest BCUT2D eigenvalue weighted by molar-refractivity contribution is -0.113. The molecule has 7 nitrogen and oxygen atoms in total. The molecule has 0 amide bonds. The van der Waals surface area contributed by atoms with Crippen LogP contribution in [0.1, 0.15) is 20.3 Å². The molecule has 0 aromatic carbocycles. The van der Waals surface area contributed by atoms with Crippen LogP contribution in [0.5, 0.6) is 0 Å². The van der Waals surface area contributed by atoms with Gasteiger partial charge in [0, 0.05) is 17.5 Å². The number of hydrogen-bond acceptors (Lipinski definition) is 6. The second-order valence-corrected chi connectivity index (χ2v) is 4.72. The SMILES string of the molecule is CC1=CC(=O)CC(C(C)Nc2ncnc3nc[nH]c23)=N1. The van der Waals surface area contributed by atoms with Gasteiger partial charge in [-0.3, -0.25) is 9.79 Å². The number of nitrogens with zero attached hydrogens (tertiary/aromatic N) is 4. The van der Waals surface area contributed by atoms with Gasteiger partial charge in [-0.1, -0.05) is 0 Å². The van der Waals surface area contributed by atoms with Crippen LogP contribution in [0.15, 0.2) is 29.4 Å². The second-order valence-electron chi connectivity index (χ2n) is 4.72. The summed E-state index contributed by atoms with van der Waals surface area (Å²) in [6.45, 7) is 3.77. The zero-order chi connectivity index (χ0) is 14.1. The number of aromatic nitrogens is 4. The first-order chi connectivity index (χ1) is 9.63. The molecular weight excluding hydrogens is 256 g/mol. The van der Waals surface area contributed by atoms with Crippen LogP contribution >= 0.6 is 0 Å². The Morgan fingerprint density at radius 1 is 1.35 bits per heavy atom. The molecule has 102 valence electrons. The summed E-state index contributed by atoms with van der Waals surface area (Å²) < 4.78 is 0. The predicted octanol–water partition coefficient (Wildman–Crippen LogP) is 1.47. The standard InChI is InChI=1S/C13H14N6O/c1-7-3-9(20)4-10(18-7)8(2)19-13-11-12(15-5-14-11)16-6-17-13/h3,5-6,8H,4H2,1-2H3,(H2,14,15,16,17,19). The molecule has 20 heavy (non-hydrogen) atoms. The van der Waals surface area contributed by atoms with Gasteiger partial charge in [0.25, 0.3) is 0 Å². The quantitative estimate of drug-likeness (QED) is 0.880. The van der Waals surface area contributed by atoms with Gasteiger partial charge in [0.05, 0.1) is 18.8 Å². The van der Waals surface area contributed by atoms with E-state index in [4.69, 9.17) is 0 Å². The third-order valence-electron chi connectivity index (χ3n) is 3.12. The summed E-state index contributed by atoms with van der Waals surface area (Å²) in [6, 6.07) is -0.0935. The van der Waals surface area contributed by atoms with E-state index in [1.54, 1.807) is 12.4 Å². The van der Waals surface area contributed by atoms with E-state index in [2.05, 4.69) is 30.2 Å². The molecule has 1 atom stereocenters. The van der Waals surface area contributed by atoms with Crippen molar-refractivity contribution in [3.63, 3.8) is 0 Å². The summed E-state index contributed by atoms with van der Waals surface area (Å²) in [4.78, 5) is 31.3. The van der Waals surface area contributed by atoms with Gasteiger partial charge in [0.2, 0.25) is 0 Å². The summed E-state index contributed by atoms with van der Waals surface area (Å²) in [5.41, 5.74) is 2.89. The highest BCUT2D eigenvalue weighted by Crippen LogP contribution is 2.17. The van der Waals surface area contributed by atoms with Crippen LogP contribution in [0.3, 0.4) is 0 Å². The number of carbonyl (C=O) groups excluding carboxylic acids is 1. The fourth-order valence-corrected chi connectivity index (χ4v) is 2.17. The molecular formula is C13H14N6O. The maximum atomic E-state index is 11.6. The zero-order valence-corrected chi connectivity index (χ0v) is 11.2. The first-order valence-electron chi connectivity index (χ1n) is 6.32. The molecule has 0 bridgehead atoms. The smallest absolute Gasteiger partial charge is 0.182 e. The van der Waals surface area contributed by atoms with Crippen molar-refractivity contribution in [3.8, 4) is 0 Å². The summed E-state index contributed by atoms with van der Waals surface area (Å²) in [5.74, 6) is 0.734. The van der Waals surface area contributed by atoms with Crippen LogP contribution in [0, 0.1) is 0 Å². The number of hydrogen-bond donors (Lipinski definition) is 2. The van der Waals surface area contributed by atoms with Crippen LogP contribution in [-0.4, -0.2) is 37.5 Å². The minimum atomic E-state index is -0.0935. The average Bonchev–Trinajstić information content (AvgIpc) is 2.87. The largest absolute Gasteiger partial charge is 0.360 e. The number of aliphatic imine (C=N–C) groups is 1. The molecule has 7 heteroatoms. The van der Waals surface area contributed by atoms with Gasteiger partial charge >= 0.3 is 0 Å². The van der Waals surface area contributed by atoms with E-state index in [0.29, 0.717) is 17.9 Å². The highest BCUT2D eigenvalue weighted by molar-refractivity contribution is 6.11. The lowest BCUT2D eigenvalue weighted by Crippen LogP contribution is -2.30. The van der Waals surface area contributed by atoms with E-state index in [1.165, 1.54) is 6.33 Å². The molecule has 0 saturated heterocycles. The number of allylic oxidation sites excluding steroid dienone is 2. The Morgan fingerprint density at radius 3 is 3.00 bits per heavy atom. The Balaban J connectivity index is 1.86. The van der Waals surface area contributed by atoms with Gasteiger partial charge in [0.1, 0.15) is 11.8 Å². The van der Waals surface area contributed by atoms with Crippen molar-refractivity contribution in [2.75, 3.05) is 5.32 Å². The maximum Gasteiger partial charge on any atom is 0.182 e. The summed E-state index contributed by atoms with van der Waals surface area (Å²) in [7, 11) is 0. The first kappa shape index (κ1) is 12.5. The molecule has 0 aliphatic carbocycles. The molecule has 0 fully saturated rings. The maximum absolute atomic E-state index is 11.6. The molecule has 3 heterocycles. The van der Waals surface area contributed by atoms with Gasteiger partial charge in [-0.15, -0.1) is 0 Å². The number of carbonyl (C=O) groups is 1. The Kier molecular flexibility index (Phi) is 3.02. The molecule has 3 rings (SSSR count). The highest BCUT2D eigenvalue weighted by atomic mass is 16.1. The number of fused-ring (bicyclic) bond motifs is 1. The van der Waals surface area contributed by atoms with Gasteiger partial charge in [-0.25, -0.2) is 15.0 Å². The monoisotopic (exact) mass is 270 g/mol. The fraction of sp³-hybridized carbons (Fsp3) is 0.308. The summed E-state index contributed by atoms with van der Waals surface area (Å²) >= 11 is 0. The van der Waals surface area contributed by atoms with Gasteiger partial charge in [-0.2, -0.15) is 0 Å². The van der Waals surface area contributed by atoms with Crippen molar-refractivity contribution in [1.29, 1.82) is 0 Å². The van der Waals surface area contributed by atoms with Crippen molar-refractivity contribution in [2.45, 2.75) is 26.3 Å². The van der Waals surface area contributed by atoms with E-state index in [0.717, 1.165) is 16.9 Å². The zero-order valence-electron chi connectivity index (χ0n) is 11.2. The minimum Gasteiger partial charge on any atom is -0.360 e. The number of imidazole rings is 1. The first-order valence-corrected chi connectivity index (χ1v) is 6.32. The molecule has 0 saturated carbocycles. The van der Waals surface area contributed by atoms with Crippen LogP contribution in [0.25, 0.3) is 11.2 Å². The Morgan fingerprint density at radius 2 is 2.20 bits per heavy atom. The van der Waals surface area contributed by atoms with Crippen molar-refractivity contribution in [1.82, 2.24) is 19.9 Å². The minimum absolute atomic E-state index is 0.0792. The number of rotatable bonds is 3. The number of nitrogens with one attached hydrogen (secondary N) is 2. The predicted molar refractivity (Wildman–Crippen MR) is 75.6 cm³/mol. The van der Waals surface area contributed by atoms with Gasteiger partial charge < -0.3 is 10.3 Å². The molecule has 1 aliphatic rings. The normalized spacial score (nSPS) is 16.8. The van der Waals surface area contributed by atoms with E-state index < -0.39 is 0 Å². The highest BCUT2D eigenvalue weighted by Gasteiger charge is 2.19. The third-order valence-corrected chi connectivity index (χ3v) is 3.12. The molecule has 0 radical (unpaired) electrons. The van der Waals surface area contributed by atoms with E-state index in [1.807, 2.05) is 13.8 Å². The summed E-state index contributed by atoms with van der Waals surface area (Å²) in [5, 5.41) is 3.25.